The highest BCUT2D eigenvalue weighted by molar-refractivity contribution is 6.30. The van der Waals surface area contributed by atoms with Gasteiger partial charge in [-0.1, -0.05) is 23.7 Å². The molecule has 0 saturated heterocycles. The van der Waals surface area contributed by atoms with Gasteiger partial charge in [-0.3, -0.25) is 4.79 Å². The maximum atomic E-state index is 12.2. The predicted molar refractivity (Wildman–Crippen MR) is 96.6 cm³/mol. The molecule has 1 aromatic heterocycles. The molecule has 0 aliphatic carbocycles. The van der Waals surface area contributed by atoms with E-state index in [1.165, 1.54) is 0 Å². The molecule has 2 rings (SSSR count). The summed E-state index contributed by atoms with van der Waals surface area (Å²) in [6, 6.07) is 9.19. The molecule has 0 fully saturated rings. The number of aromatic nitrogens is 2. The summed E-state index contributed by atoms with van der Waals surface area (Å²) >= 11 is 5.85. The van der Waals surface area contributed by atoms with E-state index in [9.17, 15) is 4.79 Å². The molecule has 0 saturated carbocycles. The van der Waals surface area contributed by atoms with Crippen molar-refractivity contribution in [3.8, 4) is 0 Å². The van der Waals surface area contributed by atoms with E-state index in [1.54, 1.807) is 12.3 Å². The third-order valence-electron chi connectivity index (χ3n) is 3.34. The Balaban J connectivity index is 1.82. The van der Waals surface area contributed by atoms with Crippen LogP contribution in [0.4, 0.5) is 5.95 Å². The summed E-state index contributed by atoms with van der Waals surface area (Å²) < 4.78 is 0. The van der Waals surface area contributed by atoms with Gasteiger partial charge in [0.2, 0.25) is 5.95 Å². The van der Waals surface area contributed by atoms with Crippen molar-refractivity contribution >= 4 is 23.5 Å². The molecule has 7 heteroatoms. The minimum atomic E-state index is -0.206. The van der Waals surface area contributed by atoms with Crippen molar-refractivity contribution in [2.45, 2.75) is 6.42 Å². The Morgan fingerprint density at radius 1 is 1.17 bits per heavy atom. The fraction of sp³-hybridized carbons (Fsp3) is 0.353. The average Bonchev–Trinajstić information content (AvgIpc) is 2.56. The molecule has 1 amide bonds. The third-order valence-corrected chi connectivity index (χ3v) is 3.59. The molecule has 128 valence electrons. The second-order valence-electron chi connectivity index (χ2n) is 5.63. The van der Waals surface area contributed by atoms with Crippen LogP contribution < -0.4 is 10.6 Å². The summed E-state index contributed by atoms with van der Waals surface area (Å²) in [5.41, 5.74) is 1.47. The van der Waals surface area contributed by atoms with Gasteiger partial charge in [-0.25, -0.2) is 9.97 Å². The zero-order valence-corrected chi connectivity index (χ0v) is 14.7. The fourth-order valence-corrected chi connectivity index (χ4v) is 2.15. The van der Waals surface area contributed by atoms with Crippen LogP contribution in [0.5, 0.6) is 0 Å². The molecule has 0 unspecified atom stereocenters. The summed E-state index contributed by atoms with van der Waals surface area (Å²) in [6.45, 7) is 2.11. The lowest BCUT2D eigenvalue weighted by atomic mass is 10.1. The first-order valence-electron chi connectivity index (χ1n) is 7.79. The van der Waals surface area contributed by atoms with Crippen molar-refractivity contribution in [3.63, 3.8) is 0 Å². The van der Waals surface area contributed by atoms with Gasteiger partial charge in [0.05, 0.1) is 0 Å². The Morgan fingerprint density at radius 3 is 2.62 bits per heavy atom. The van der Waals surface area contributed by atoms with Gasteiger partial charge in [0.25, 0.3) is 5.91 Å². The highest BCUT2D eigenvalue weighted by Crippen LogP contribution is 2.09. The van der Waals surface area contributed by atoms with Crippen LogP contribution in [0.3, 0.4) is 0 Å². The third kappa shape index (κ3) is 6.14. The number of amides is 1. The fourth-order valence-electron chi connectivity index (χ4n) is 2.02. The topological polar surface area (TPSA) is 70.2 Å². The second-order valence-corrected chi connectivity index (χ2v) is 6.06. The van der Waals surface area contributed by atoms with E-state index in [0.717, 1.165) is 18.5 Å². The number of anilines is 1. The van der Waals surface area contributed by atoms with Gasteiger partial charge in [-0.15, -0.1) is 0 Å². The minimum Gasteiger partial charge on any atom is -0.353 e. The summed E-state index contributed by atoms with van der Waals surface area (Å²) in [7, 11) is 3.99. The summed E-state index contributed by atoms with van der Waals surface area (Å²) in [5.74, 6) is 0.254. The monoisotopic (exact) mass is 347 g/mol. The van der Waals surface area contributed by atoms with E-state index >= 15 is 0 Å². The van der Waals surface area contributed by atoms with E-state index in [-0.39, 0.29) is 5.91 Å². The number of likely N-dealkylation sites (N-methyl/N-ethyl adjacent to an activating group) is 1. The van der Waals surface area contributed by atoms with Gasteiger partial charge >= 0.3 is 0 Å². The lowest BCUT2D eigenvalue weighted by molar-refractivity contribution is 0.0949. The molecule has 0 bridgehead atoms. The Morgan fingerprint density at radius 2 is 1.92 bits per heavy atom. The van der Waals surface area contributed by atoms with Crippen LogP contribution >= 0.6 is 11.6 Å². The zero-order valence-electron chi connectivity index (χ0n) is 13.9. The van der Waals surface area contributed by atoms with E-state index in [2.05, 4.69) is 25.5 Å². The SMILES string of the molecule is CN(C)CCNc1nccc(C(=O)NCCc2ccc(Cl)cc2)n1. The van der Waals surface area contributed by atoms with Crippen LogP contribution in [0.25, 0.3) is 0 Å². The molecule has 6 nitrogen and oxygen atoms in total. The normalized spacial score (nSPS) is 10.7. The summed E-state index contributed by atoms with van der Waals surface area (Å²) in [5, 5.41) is 6.67. The largest absolute Gasteiger partial charge is 0.353 e. The first-order valence-corrected chi connectivity index (χ1v) is 8.16. The predicted octanol–water partition coefficient (Wildman–Crippen LogP) is 2.08. The van der Waals surface area contributed by atoms with Gasteiger partial charge in [0.1, 0.15) is 5.69 Å². The number of benzene rings is 1. The molecular weight excluding hydrogens is 326 g/mol. The highest BCUT2D eigenvalue weighted by Gasteiger charge is 2.08. The summed E-state index contributed by atoms with van der Waals surface area (Å²) in [6.07, 6.45) is 2.32. The number of carbonyl (C=O) groups is 1. The van der Waals surface area contributed by atoms with Crippen LogP contribution in [-0.4, -0.2) is 54.5 Å². The van der Waals surface area contributed by atoms with Gasteiger partial charge in [-0.05, 0) is 44.3 Å². The van der Waals surface area contributed by atoms with Crippen molar-refractivity contribution in [1.29, 1.82) is 0 Å². The Hall–Kier alpha value is -2.18. The van der Waals surface area contributed by atoms with Gasteiger partial charge in [-0.2, -0.15) is 0 Å². The number of nitrogens with one attached hydrogen (secondary N) is 2. The second kappa shape index (κ2) is 9.20. The highest BCUT2D eigenvalue weighted by atomic mass is 35.5. The molecule has 0 spiro atoms. The van der Waals surface area contributed by atoms with Crippen molar-refractivity contribution < 1.29 is 4.79 Å². The first-order chi connectivity index (χ1) is 11.5. The zero-order chi connectivity index (χ0) is 17.4. The van der Waals surface area contributed by atoms with Crippen molar-refractivity contribution in [3.05, 3.63) is 52.8 Å². The maximum absolute atomic E-state index is 12.2. The Bertz CT molecular complexity index is 660. The Labute approximate surface area is 147 Å². The Kier molecular flexibility index (Phi) is 6.96. The van der Waals surface area contributed by atoms with Crippen LogP contribution in [0.15, 0.2) is 36.5 Å². The van der Waals surface area contributed by atoms with Crippen molar-refractivity contribution in [2.75, 3.05) is 39.0 Å². The number of halogens is 1. The summed E-state index contributed by atoms with van der Waals surface area (Å²) in [4.78, 5) is 22.6. The standard InChI is InChI=1S/C17H22ClN5O/c1-23(2)12-11-21-17-20-10-8-15(22-17)16(24)19-9-7-13-3-5-14(18)6-4-13/h3-6,8,10H,7,9,11-12H2,1-2H3,(H,19,24)(H,20,21,22). The van der Waals surface area contributed by atoms with Crippen LogP contribution in [0.2, 0.25) is 5.02 Å². The maximum Gasteiger partial charge on any atom is 0.270 e. The first kappa shape index (κ1) is 18.2. The van der Waals surface area contributed by atoms with E-state index < -0.39 is 0 Å². The molecule has 0 radical (unpaired) electrons. The molecule has 2 N–H and O–H groups in total. The van der Waals surface area contributed by atoms with Crippen LogP contribution in [-0.2, 0) is 6.42 Å². The number of carbonyl (C=O) groups excluding carboxylic acids is 1. The molecule has 0 atom stereocenters. The molecule has 0 aliphatic rings. The molecular formula is C17H22ClN5O. The number of nitrogens with zero attached hydrogens (tertiary/aromatic N) is 3. The van der Waals surface area contributed by atoms with E-state index in [0.29, 0.717) is 29.8 Å². The van der Waals surface area contributed by atoms with Gasteiger partial charge in [0, 0.05) is 30.9 Å². The quantitative estimate of drug-likeness (QED) is 0.765. The van der Waals surface area contributed by atoms with Gasteiger partial charge in [0.15, 0.2) is 0 Å². The molecule has 2 aromatic rings. The molecule has 1 aromatic carbocycles. The number of rotatable bonds is 8. The van der Waals surface area contributed by atoms with Crippen LogP contribution in [0.1, 0.15) is 16.1 Å². The number of hydrogen-bond donors (Lipinski definition) is 2. The molecule has 1 heterocycles. The smallest absolute Gasteiger partial charge is 0.270 e. The average molecular weight is 348 g/mol. The van der Waals surface area contributed by atoms with E-state index in [1.807, 2.05) is 38.4 Å². The van der Waals surface area contributed by atoms with Crippen LogP contribution in [0, 0.1) is 0 Å². The number of hydrogen-bond acceptors (Lipinski definition) is 5. The minimum absolute atomic E-state index is 0.206. The van der Waals surface area contributed by atoms with E-state index in [4.69, 9.17) is 11.6 Å². The van der Waals surface area contributed by atoms with Crippen molar-refractivity contribution in [1.82, 2.24) is 20.2 Å². The lowest BCUT2D eigenvalue weighted by Gasteiger charge is -2.10. The molecule has 0 aliphatic heterocycles. The molecule has 24 heavy (non-hydrogen) atoms. The van der Waals surface area contributed by atoms with Crippen molar-refractivity contribution in [2.24, 2.45) is 0 Å². The van der Waals surface area contributed by atoms with Gasteiger partial charge < -0.3 is 15.5 Å². The lowest BCUT2D eigenvalue weighted by Crippen LogP contribution is -2.27.